The van der Waals surface area contributed by atoms with E-state index < -0.39 is 6.04 Å². The molecule has 5 rings (SSSR count). The zero-order valence-corrected chi connectivity index (χ0v) is 27.2. The van der Waals surface area contributed by atoms with Gasteiger partial charge in [0.25, 0.3) is 0 Å². The first kappa shape index (κ1) is 32.0. The van der Waals surface area contributed by atoms with Crippen molar-refractivity contribution in [1.82, 2.24) is 20.1 Å². The van der Waals surface area contributed by atoms with Crippen molar-refractivity contribution >= 4 is 45.9 Å². The maximum absolute atomic E-state index is 14.5. The number of amides is 3. The highest BCUT2D eigenvalue weighted by Gasteiger charge is 2.34. The zero-order valence-electron chi connectivity index (χ0n) is 26.4. The van der Waals surface area contributed by atoms with Crippen molar-refractivity contribution in [2.24, 2.45) is 17.8 Å². The number of nitrogens with one attached hydrogen (secondary N) is 2. The van der Waals surface area contributed by atoms with Gasteiger partial charge in [-0.3, -0.25) is 14.4 Å². The molecule has 0 saturated carbocycles. The molecule has 9 heteroatoms. The predicted molar refractivity (Wildman–Crippen MR) is 177 cm³/mol. The van der Waals surface area contributed by atoms with E-state index in [2.05, 4.69) is 15.2 Å². The Morgan fingerprint density at radius 1 is 1.05 bits per heavy atom. The van der Waals surface area contributed by atoms with Gasteiger partial charge < -0.3 is 25.0 Å². The average molecular weight is 620 g/mol. The van der Waals surface area contributed by atoms with Crippen LogP contribution >= 0.6 is 11.6 Å². The molecule has 0 spiro atoms. The number of aromatic nitrogens is 1. The summed E-state index contributed by atoms with van der Waals surface area (Å²) in [4.78, 5) is 49.6. The van der Waals surface area contributed by atoms with Gasteiger partial charge >= 0.3 is 0 Å². The van der Waals surface area contributed by atoms with Crippen LogP contribution in [-0.2, 0) is 27.2 Å². The number of piperidine rings is 1. The van der Waals surface area contributed by atoms with E-state index in [4.69, 9.17) is 11.6 Å². The number of rotatable bonds is 10. The van der Waals surface area contributed by atoms with Gasteiger partial charge in [0.15, 0.2) is 0 Å². The number of H-pyrrole nitrogens is 1. The first-order valence-corrected chi connectivity index (χ1v) is 16.3. The summed E-state index contributed by atoms with van der Waals surface area (Å²) in [7, 11) is 4.09. The van der Waals surface area contributed by atoms with Gasteiger partial charge in [-0.1, -0.05) is 43.6 Å². The van der Waals surface area contributed by atoms with Crippen molar-refractivity contribution in [2.45, 2.75) is 58.4 Å². The molecule has 236 valence electrons. The molecule has 2 N–H and O–H groups in total. The Bertz CT molecular complexity index is 1480. The Morgan fingerprint density at radius 3 is 2.52 bits per heavy atom. The minimum Gasteiger partial charge on any atom is -0.361 e. The minimum atomic E-state index is -0.714. The first-order chi connectivity index (χ1) is 21.1. The third kappa shape index (κ3) is 7.64. The molecule has 2 atom stereocenters. The molecule has 0 radical (unpaired) electrons. The molecule has 8 nitrogen and oxygen atoms in total. The quantitative estimate of drug-likeness (QED) is 0.323. The van der Waals surface area contributed by atoms with E-state index in [1.807, 2.05) is 86.4 Å². The molecule has 2 aliphatic rings. The van der Waals surface area contributed by atoms with Crippen LogP contribution in [0.1, 0.15) is 50.7 Å². The molecule has 44 heavy (non-hydrogen) atoms. The number of benzene rings is 2. The van der Waals surface area contributed by atoms with Crippen LogP contribution in [0.2, 0.25) is 5.02 Å². The van der Waals surface area contributed by atoms with Crippen LogP contribution in [0.4, 0.5) is 5.69 Å². The molecule has 2 aromatic carbocycles. The maximum Gasteiger partial charge on any atom is 0.249 e. The van der Waals surface area contributed by atoms with Crippen molar-refractivity contribution < 1.29 is 14.4 Å². The lowest BCUT2D eigenvalue weighted by Crippen LogP contribution is -2.53. The standard InChI is InChI=1S/C35H46ClN5O3/c1-23(2)34(43)40-15-13-24(14-16-40)9-12-33(42)38-31(19-27-20-37-30-8-6-5-7-29(27)30)35(44)41-22-25(21-39(3)4)17-26-18-28(36)10-11-32(26)41/h5-8,10-11,18,20,23-25,31,37H,9,12-17,19,21-22H2,1-4H3,(H,38,42)/t25-,31-/m1/s1. The van der Waals surface area contributed by atoms with Crippen LogP contribution in [0.25, 0.3) is 10.9 Å². The summed E-state index contributed by atoms with van der Waals surface area (Å²) >= 11 is 6.38. The first-order valence-electron chi connectivity index (χ1n) is 16.0. The number of halogens is 1. The zero-order chi connectivity index (χ0) is 31.4. The van der Waals surface area contributed by atoms with Crippen molar-refractivity contribution in [2.75, 3.05) is 45.2 Å². The highest BCUT2D eigenvalue weighted by molar-refractivity contribution is 6.30. The number of nitrogens with zero attached hydrogens (tertiary/aromatic N) is 3. The highest BCUT2D eigenvalue weighted by atomic mass is 35.5. The Balaban J connectivity index is 1.32. The topological polar surface area (TPSA) is 88.8 Å². The number of anilines is 1. The van der Waals surface area contributed by atoms with E-state index in [1.165, 1.54) is 0 Å². The molecule has 2 aliphatic heterocycles. The number of carbonyl (C=O) groups is 3. The molecule has 0 unspecified atom stereocenters. The molecule has 0 aliphatic carbocycles. The van der Waals surface area contributed by atoms with Gasteiger partial charge in [0.2, 0.25) is 17.7 Å². The van der Waals surface area contributed by atoms with E-state index in [0.717, 1.165) is 73.0 Å². The molecular weight excluding hydrogens is 574 g/mol. The highest BCUT2D eigenvalue weighted by Crippen LogP contribution is 2.33. The fourth-order valence-electron chi connectivity index (χ4n) is 6.88. The second kappa shape index (κ2) is 14.2. The van der Waals surface area contributed by atoms with Gasteiger partial charge in [-0.2, -0.15) is 0 Å². The smallest absolute Gasteiger partial charge is 0.249 e. The second-order valence-corrected chi connectivity index (χ2v) is 13.6. The second-order valence-electron chi connectivity index (χ2n) is 13.2. The van der Waals surface area contributed by atoms with Crippen LogP contribution in [-0.4, -0.2) is 78.8 Å². The molecule has 1 aromatic heterocycles. The van der Waals surface area contributed by atoms with Crippen LogP contribution in [0.5, 0.6) is 0 Å². The molecule has 1 saturated heterocycles. The number of para-hydroxylation sites is 1. The lowest BCUT2D eigenvalue weighted by molar-refractivity contribution is -0.136. The van der Waals surface area contributed by atoms with Crippen LogP contribution in [0.15, 0.2) is 48.7 Å². The number of aromatic amines is 1. The number of fused-ring (bicyclic) bond motifs is 2. The van der Waals surface area contributed by atoms with Crippen LogP contribution < -0.4 is 10.2 Å². The summed E-state index contributed by atoms with van der Waals surface area (Å²) in [6.07, 6.45) is 6.10. The van der Waals surface area contributed by atoms with Crippen molar-refractivity contribution in [1.29, 1.82) is 0 Å². The van der Waals surface area contributed by atoms with Crippen LogP contribution in [0.3, 0.4) is 0 Å². The van der Waals surface area contributed by atoms with Gasteiger partial charge in [-0.15, -0.1) is 0 Å². The monoisotopic (exact) mass is 619 g/mol. The number of likely N-dealkylation sites (tertiary alicyclic amines) is 1. The lowest BCUT2D eigenvalue weighted by Gasteiger charge is -2.37. The van der Waals surface area contributed by atoms with Crippen molar-refractivity contribution in [3.05, 3.63) is 64.8 Å². The molecule has 3 amide bonds. The summed E-state index contributed by atoms with van der Waals surface area (Å²) in [6, 6.07) is 13.1. The fraction of sp³-hybridized carbons (Fsp3) is 0.514. The van der Waals surface area contributed by atoms with E-state index in [1.54, 1.807) is 0 Å². The summed E-state index contributed by atoms with van der Waals surface area (Å²) < 4.78 is 0. The Kier molecular flexibility index (Phi) is 10.3. The number of hydrogen-bond donors (Lipinski definition) is 2. The third-order valence-corrected chi connectivity index (χ3v) is 9.34. The number of carbonyl (C=O) groups excluding carboxylic acids is 3. The fourth-order valence-corrected chi connectivity index (χ4v) is 7.07. The van der Waals surface area contributed by atoms with Crippen molar-refractivity contribution in [3.8, 4) is 0 Å². The average Bonchev–Trinajstić information content (AvgIpc) is 3.41. The Labute approximate surface area is 266 Å². The van der Waals surface area contributed by atoms with Gasteiger partial charge in [-0.25, -0.2) is 0 Å². The molecule has 1 fully saturated rings. The predicted octanol–water partition coefficient (Wildman–Crippen LogP) is 5.29. The Morgan fingerprint density at radius 2 is 1.80 bits per heavy atom. The van der Waals surface area contributed by atoms with Gasteiger partial charge in [0.1, 0.15) is 6.04 Å². The summed E-state index contributed by atoms with van der Waals surface area (Å²) in [5, 5.41) is 4.86. The van der Waals surface area contributed by atoms with E-state index >= 15 is 0 Å². The third-order valence-electron chi connectivity index (χ3n) is 9.10. The lowest BCUT2D eigenvalue weighted by atomic mass is 9.90. The SMILES string of the molecule is CC(C)C(=O)N1CCC(CCC(=O)N[C@H](Cc2c[nH]c3ccccc23)C(=O)N2C[C@@H](CN(C)C)Cc3cc(Cl)ccc32)CC1. The molecule has 0 bridgehead atoms. The molecular formula is C35H46ClN5O3. The van der Waals surface area contributed by atoms with E-state index in [9.17, 15) is 14.4 Å². The van der Waals surface area contributed by atoms with Gasteiger partial charge in [-0.05, 0) is 87.0 Å². The Hall–Kier alpha value is -3.36. The molecule has 3 heterocycles. The summed E-state index contributed by atoms with van der Waals surface area (Å²) in [6.45, 7) is 6.80. The number of hydrogen-bond acceptors (Lipinski definition) is 4. The van der Waals surface area contributed by atoms with E-state index in [-0.39, 0.29) is 29.6 Å². The largest absolute Gasteiger partial charge is 0.361 e. The normalized spacial score (nSPS) is 18.1. The summed E-state index contributed by atoms with van der Waals surface area (Å²) in [5.41, 5.74) is 3.93. The van der Waals surface area contributed by atoms with E-state index in [0.29, 0.717) is 30.3 Å². The maximum atomic E-state index is 14.5. The summed E-state index contributed by atoms with van der Waals surface area (Å²) in [5.74, 6) is 0.640. The van der Waals surface area contributed by atoms with Crippen LogP contribution in [0, 0.1) is 17.8 Å². The van der Waals surface area contributed by atoms with Crippen molar-refractivity contribution in [3.63, 3.8) is 0 Å². The van der Waals surface area contributed by atoms with Gasteiger partial charge in [0.05, 0.1) is 0 Å². The van der Waals surface area contributed by atoms with Gasteiger partial charge in [0, 0.05) is 72.7 Å². The minimum absolute atomic E-state index is 0.00552. The molecule has 3 aromatic rings.